The predicted octanol–water partition coefficient (Wildman–Crippen LogP) is 2.44. The minimum atomic E-state index is -3.66. The van der Waals surface area contributed by atoms with Crippen molar-refractivity contribution in [3.63, 3.8) is 0 Å². The summed E-state index contributed by atoms with van der Waals surface area (Å²) < 4.78 is 31.9. The van der Waals surface area contributed by atoms with Gasteiger partial charge in [-0.05, 0) is 31.5 Å². The molecule has 0 aliphatic carbocycles. The van der Waals surface area contributed by atoms with E-state index in [1.807, 2.05) is 6.92 Å². The molecule has 1 heterocycles. The number of amides is 2. The first kappa shape index (κ1) is 21.2. The average Bonchev–Trinajstić information content (AvgIpc) is 2.63. The molecule has 1 fully saturated rings. The molecule has 0 aromatic heterocycles. The topological polar surface area (TPSA) is 79.0 Å². The molecule has 1 aromatic rings. The van der Waals surface area contributed by atoms with Crippen molar-refractivity contribution >= 4 is 39.3 Å². The van der Waals surface area contributed by atoms with Gasteiger partial charge in [-0.3, -0.25) is 0 Å². The van der Waals surface area contributed by atoms with Crippen LogP contribution in [-0.2, 0) is 14.8 Å². The SMILES string of the molecule is CCOCCCNC(=O)N1CCN(S(=O)(=O)c2ccc(Cl)c(Cl)c2)CC1. The maximum atomic E-state index is 12.7. The van der Waals surface area contributed by atoms with Gasteiger partial charge in [-0.1, -0.05) is 23.2 Å². The third-order valence-corrected chi connectivity index (χ3v) is 6.63. The van der Waals surface area contributed by atoms with Crippen LogP contribution in [0, 0.1) is 0 Å². The van der Waals surface area contributed by atoms with E-state index in [4.69, 9.17) is 27.9 Å². The molecule has 0 unspecified atom stereocenters. The molecule has 146 valence electrons. The van der Waals surface area contributed by atoms with E-state index in [9.17, 15) is 13.2 Å². The van der Waals surface area contributed by atoms with Gasteiger partial charge < -0.3 is 15.0 Å². The Morgan fingerprint density at radius 2 is 1.88 bits per heavy atom. The molecule has 2 amide bonds. The van der Waals surface area contributed by atoms with Crippen LogP contribution in [0.5, 0.6) is 0 Å². The van der Waals surface area contributed by atoms with E-state index >= 15 is 0 Å². The summed E-state index contributed by atoms with van der Waals surface area (Å²) in [6.07, 6.45) is 0.741. The Bertz CT molecular complexity index is 722. The Labute approximate surface area is 164 Å². The number of nitrogens with one attached hydrogen (secondary N) is 1. The van der Waals surface area contributed by atoms with Crippen LogP contribution in [0.2, 0.25) is 10.0 Å². The summed E-state index contributed by atoms with van der Waals surface area (Å²) in [5, 5.41) is 3.31. The molecule has 10 heteroatoms. The first-order chi connectivity index (χ1) is 12.4. The highest BCUT2D eigenvalue weighted by atomic mass is 35.5. The summed E-state index contributed by atoms with van der Waals surface area (Å²) in [5.74, 6) is 0. The van der Waals surface area contributed by atoms with Gasteiger partial charge in [0.1, 0.15) is 0 Å². The molecular weight excluding hydrogens is 401 g/mol. The molecule has 1 saturated heterocycles. The van der Waals surface area contributed by atoms with E-state index in [0.717, 1.165) is 6.42 Å². The minimum absolute atomic E-state index is 0.0979. The number of ether oxygens (including phenoxy) is 1. The lowest BCUT2D eigenvalue weighted by Gasteiger charge is -2.34. The zero-order chi connectivity index (χ0) is 19.2. The van der Waals surface area contributed by atoms with Crippen molar-refractivity contribution in [3.05, 3.63) is 28.2 Å². The van der Waals surface area contributed by atoms with Crippen molar-refractivity contribution in [2.45, 2.75) is 18.2 Å². The predicted molar refractivity (Wildman–Crippen MR) is 101 cm³/mol. The van der Waals surface area contributed by atoms with Crippen molar-refractivity contribution in [3.8, 4) is 0 Å². The summed E-state index contributed by atoms with van der Waals surface area (Å²) in [4.78, 5) is 13.8. The van der Waals surface area contributed by atoms with E-state index in [-0.39, 0.29) is 29.0 Å². The van der Waals surface area contributed by atoms with Crippen LogP contribution in [0.4, 0.5) is 4.79 Å². The number of carbonyl (C=O) groups is 1. The minimum Gasteiger partial charge on any atom is -0.382 e. The second-order valence-electron chi connectivity index (χ2n) is 5.75. The van der Waals surface area contributed by atoms with Crippen molar-refractivity contribution in [2.24, 2.45) is 0 Å². The van der Waals surface area contributed by atoms with Gasteiger partial charge in [0.2, 0.25) is 10.0 Å². The molecule has 7 nitrogen and oxygen atoms in total. The van der Waals surface area contributed by atoms with Crippen LogP contribution in [0.1, 0.15) is 13.3 Å². The Morgan fingerprint density at radius 1 is 1.19 bits per heavy atom. The maximum absolute atomic E-state index is 12.7. The average molecular weight is 424 g/mol. The van der Waals surface area contributed by atoms with Crippen molar-refractivity contribution < 1.29 is 17.9 Å². The molecule has 1 aliphatic heterocycles. The fourth-order valence-corrected chi connectivity index (χ4v) is 4.36. The molecule has 0 saturated carbocycles. The number of halogens is 2. The smallest absolute Gasteiger partial charge is 0.317 e. The number of sulfonamides is 1. The Morgan fingerprint density at radius 3 is 2.50 bits per heavy atom. The molecule has 0 bridgehead atoms. The van der Waals surface area contributed by atoms with Gasteiger partial charge in [0.15, 0.2) is 0 Å². The molecular formula is C16H23Cl2N3O4S. The lowest BCUT2D eigenvalue weighted by atomic mass is 10.4. The molecule has 1 aromatic carbocycles. The first-order valence-corrected chi connectivity index (χ1v) is 10.6. The monoisotopic (exact) mass is 423 g/mol. The molecule has 26 heavy (non-hydrogen) atoms. The molecule has 2 rings (SSSR count). The molecule has 0 spiro atoms. The number of hydrogen-bond donors (Lipinski definition) is 1. The van der Waals surface area contributed by atoms with Crippen LogP contribution >= 0.6 is 23.2 Å². The highest BCUT2D eigenvalue weighted by molar-refractivity contribution is 7.89. The van der Waals surface area contributed by atoms with Crippen molar-refractivity contribution in [1.29, 1.82) is 0 Å². The molecule has 1 aliphatic rings. The van der Waals surface area contributed by atoms with E-state index in [1.54, 1.807) is 4.90 Å². The first-order valence-electron chi connectivity index (χ1n) is 8.42. The van der Waals surface area contributed by atoms with E-state index in [0.29, 0.717) is 37.9 Å². The number of urea groups is 1. The van der Waals surface area contributed by atoms with Gasteiger partial charge in [0.25, 0.3) is 0 Å². The molecule has 1 N–H and O–H groups in total. The number of carbonyl (C=O) groups excluding carboxylic acids is 1. The highest BCUT2D eigenvalue weighted by Crippen LogP contribution is 2.27. The second kappa shape index (κ2) is 9.75. The largest absolute Gasteiger partial charge is 0.382 e. The third kappa shape index (κ3) is 5.47. The van der Waals surface area contributed by atoms with Crippen LogP contribution in [0.25, 0.3) is 0 Å². The van der Waals surface area contributed by atoms with Crippen molar-refractivity contribution in [2.75, 3.05) is 45.9 Å². The quantitative estimate of drug-likeness (QED) is 0.682. The van der Waals surface area contributed by atoms with E-state index in [1.165, 1.54) is 22.5 Å². The summed E-state index contributed by atoms with van der Waals surface area (Å²) in [5.41, 5.74) is 0. The van der Waals surface area contributed by atoms with Gasteiger partial charge in [-0.15, -0.1) is 0 Å². The summed E-state index contributed by atoms with van der Waals surface area (Å²) in [7, 11) is -3.66. The van der Waals surface area contributed by atoms with Crippen molar-refractivity contribution in [1.82, 2.24) is 14.5 Å². The lowest BCUT2D eigenvalue weighted by molar-refractivity contribution is 0.142. The number of benzene rings is 1. The van der Waals surface area contributed by atoms with Gasteiger partial charge in [-0.25, -0.2) is 13.2 Å². The second-order valence-corrected chi connectivity index (χ2v) is 8.50. The number of rotatable bonds is 7. The van der Waals surface area contributed by atoms with Crippen LogP contribution < -0.4 is 5.32 Å². The van der Waals surface area contributed by atoms with Crippen LogP contribution in [0.3, 0.4) is 0 Å². The maximum Gasteiger partial charge on any atom is 0.317 e. The number of nitrogens with zero attached hydrogens (tertiary/aromatic N) is 2. The van der Waals surface area contributed by atoms with Gasteiger partial charge in [0.05, 0.1) is 14.9 Å². The Kier molecular flexibility index (Phi) is 7.97. The summed E-state index contributed by atoms with van der Waals surface area (Å²) in [6.45, 7) is 4.83. The third-order valence-electron chi connectivity index (χ3n) is 4.00. The molecule has 0 radical (unpaired) electrons. The Balaban J connectivity index is 1.87. The van der Waals surface area contributed by atoms with Crippen LogP contribution in [0.15, 0.2) is 23.1 Å². The van der Waals surface area contributed by atoms with Crippen LogP contribution in [-0.4, -0.2) is 69.6 Å². The summed E-state index contributed by atoms with van der Waals surface area (Å²) in [6, 6.07) is 4.05. The zero-order valence-electron chi connectivity index (χ0n) is 14.6. The van der Waals surface area contributed by atoms with E-state index in [2.05, 4.69) is 5.32 Å². The summed E-state index contributed by atoms with van der Waals surface area (Å²) >= 11 is 11.8. The standard InChI is InChI=1S/C16H23Cl2N3O4S/c1-2-25-11-3-6-19-16(22)20-7-9-21(10-8-20)26(23,24)13-4-5-14(17)15(18)12-13/h4-5,12H,2-3,6-11H2,1H3,(H,19,22). The highest BCUT2D eigenvalue weighted by Gasteiger charge is 2.30. The number of piperazine rings is 1. The van der Waals surface area contributed by atoms with Gasteiger partial charge in [0, 0.05) is 45.9 Å². The fraction of sp³-hybridized carbons (Fsp3) is 0.562. The fourth-order valence-electron chi connectivity index (χ4n) is 2.54. The van der Waals surface area contributed by atoms with E-state index < -0.39 is 10.0 Å². The zero-order valence-corrected chi connectivity index (χ0v) is 16.9. The van der Waals surface area contributed by atoms with Gasteiger partial charge in [-0.2, -0.15) is 4.31 Å². The number of hydrogen-bond acceptors (Lipinski definition) is 4. The normalized spacial score (nSPS) is 15.9. The Hall–Kier alpha value is -1.06. The van der Waals surface area contributed by atoms with Gasteiger partial charge >= 0.3 is 6.03 Å². The molecule has 0 atom stereocenters. The lowest BCUT2D eigenvalue weighted by Crippen LogP contribution is -2.53.